The van der Waals surface area contributed by atoms with Crippen LogP contribution in [0.25, 0.3) is 0 Å². The van der Waals surface area contributed by atoms with Crippen molar-refractivity contribution < 1.29 is 43.2 Å². The van der Waals surface area contributed by atoms with Crippen molar-refractivity contribution in [2.45, 2.75) is 51.7 Å². The van der Waals surface area contributed by atoms with Crippen LogP contribution in [0, 0.1) is 0 Å². The lowest BCUT2D eigenvalue weighted by Crippen LogP contribution is -2.10. The van der Waals surface area contributed by atoms with Gasteiger partial charge < -0.3 is 28.8 Å². The maximum absolute atomic E-state index is 12.5. The molecule has 0 amide bonds. The van der Waals surface area contributed by atoms with Crippen LogP contribution in [0.3, 0.4) is 0 Å². The summed E-state index contributed by atoms with van der Waals surface area (Å²) in [6.07, 6.45) is 6.57. The van der Waals surface area contributed by atoms with Crippen LogP contribution in [-0.2, 0) is 23.8 Å². The van der Waals surface area contributed by atoms with Gasteiger partial charge >= 0.3 is 17.9 Å². The summed E-state index contributed by atoms with van der Waals surface area (Å²) < 4.78 is 26.9. The van der Waals surface area contributed by atoms with Gasteiger partial charge in [-0.15, -0.1) is 0 Å². The zero-order valence-electron chi connectivity index (χ0n) is 22.5. The smallest absolute Gasteiger partial charge is 0.343 e. The molecule has 2 aromatic carbocycles. The average molecular weight is 551 g/mol. The van der Waals surface area contributed by atoms with Gasteiger partial charge in [0, 0.05) is 30.9 Å². The molecule has 0 spiro atoms. The number of carbonyl (C=O) groups excluding carboxylic acids is 3. The van der Waals surface area contributed by atoms with Crippen molar-refractivity contribution >= 4 is 17.9 Å². The molecule has 0 saturated carbocycles. The first-order valence-corrected chi connectivity index (χ1v) is 13.2. The van der Waals surface area contributed by atoms with E-state index in [1.807, 2.05) is 6.92 Å². The van der Waals surface area contributed by atoms with Crippen molar-refractivity contribution in [2.24, 2.45) is 0 Å². The molecule has 40 heavy (non-hydrogen) atoms. The van der Waals surface area contributed by atoms with E-state index in [1.165, 1.54) is 0 Å². The molecule has 0 heterocycles. The third kappa shape index (κ3) is 10.1. The van der Waals surface area contributed by atoms with Crippen molar-refractivity contribution in [1.29, 1.82) is 0 Å². The molecule has 0 saturated heterocycles. The number of benzene rings is 2. The van der Waals surface area contributed by atoms with Gasteiger partial charge in [-0.05, 0) is 79.9 Å². The Balaban J connectivity index is 1.42. The number of carbonyl (C=O) groups is 3. The molecule has 9 heteroatoms. The monoisotopic (exact) mass is 550 g/mol. The van der Waals surface area contributed by atoms with Crippen LogP contribution in [0.1, 0.15) is 67.7 Å². The fourth-order valence-corrected chi connectivity index (χ4v) is 3.57. The number of hydrogen-bond donors (Lipinski definition) is 1. The lowest BCUT2D eigenvalue weighted by Gasteiger charge is -2.19. The second-order valence-electron chi connectivity index (χ2n) is 8.87. The van der Waals surface area contributed by atoms with E-state index in [1.54, 1.807) is 60.7 Å². The minimum Gasteiger partial charge on any atom is -0.494 e. The lowest BCUT2D eigenvalue weighted by molar-refractivity contribution is -0.138. The fourth-order valence-electron chi connectivity index (χ4n) is 3.57. The molecule has 1 aliphatic carbocycles. The number of unbranched alkanes of at least 4 members (excludes halogenated alkanes) is 1. The molecule has 3 rings (SSSR count). The van der Waals surface area contributed by atoms with E-state index >= 15 is 0 Å². The summed E-state index contributed by atoms with van der Waals surface area (Å²) in [5, 5.41) is 10.5. The Labute approximate surface area is 233 Å². The average Bonchev–Trinajstić information content (AvgIpc) is 2.96. The van der Waals surface area contributed by atoms with E-state index in [0.717, 1.165) is 12.5 Å². The van der Waals surface area contributed by atoms with Crippen LogP contribution >= 0.6 is 0 Å². The van der Waals surface area contributed by atoms with Gasteiger partial charge in [-0.25, -0.2) is 9.59 Å². The Hall–Kier alpha value is -4.37. The van der Waals surface area contributed by atoms with Crippen molar-refractivity contribution in [3.63, 3.8) is 0 Å². The highest BCUT2D eigenvalue weighted by Crippen LogP contribution is 2.27. The van der Waals surface area contributed by atoms with Crippen LogP contribution in [0.2, 0.25) is 0 Å². The van der Waals surface area contributed by atoms with Crippen molar-refractivity contribution in [2.75, 3.05) is 13.2 Å². The molecule has 0 fully saturated rings. The number of rotatable bonds is 15. The van der Waals surface area contributed by atoms with Crippen LogP contribution in [0.5, 0.6) is 11.5 Å². The molecule has 1 aliphatic rings. The van der Waals surface area contributed by atoms with Gasteiger partial charge in [0.15, 0.2) is 0 Å². The normalized spacial score (nSPS) is 13.2. The Morgan fingerprint density at radius 2 is 1.55 bits per heavy atom. The number of esters is 3. The fraction of sp³-hybridized carbons (Fsp3) is 0.323. The van der Waals surface area contributed by atoms with Gasteiger partial charge in [-0.2, -0.15) is 0 Å². The Bertz CT molecular complexity index is 1210. The number of allylic oxidation sites excluding steroid dienone is 4. The third-order valence-corrected chi connectivity index (χ3v) is 5.72. The van der Waals surface area contributed by atoms with Gasteiger partial charge in [-0.3, -0.25) is 4.79 Å². The molecule has 1 unspecified atom stereocenters. The van der Waals surface area contributed by atoms with Crippen LogP contribution in [-0.4, -0.2) is 36.2 Å². The molecule has 212 valence electrons. The number of aliphatic hydroxyl groups excluding tert-OH is 1. The van der Waals surface area contributed by atoms with Crippen molar-refractivity contribution in [1.82, 2.24) is 0 Å². The zero-order valence-corrected chi connectivity index (χ0v) is 22.5. The summed E-state index contributed by atoms with van der Waals surface area (Å²) in [6, 6.07) is 13.1. The highest BCUT2D eigenvalue weighted by Gasteiger charge is 2.17. The summed E-state index contributed by atoms with van der Waals surface area (Å²) in [6.45, 7) is 6.02. The number of hydrogen-bond acceptors (Lipinski definition) is 9. The Morgan fingerprint density at radius 1 is 0.900 bits per heavy atom. The van der Waals surface area contributed by atoms with E-state index in [-0.39, 0.29) is 5.97 Å². The van der Waals surface area contributed by atoms with E-state index in [9.17, 15) is 19.5 Å². The maximum atomic E-state index is 12.5. The van der Waals surface area contributed by atoms with E-state index in [0.29, 0.717) is 79.5 Å². The van der Waals surface area contributed by atoms with Gasteiger partial charge in [0.25, 0.3) is 0 Å². The van der Waals surface area contributed by atoms with Gasteiger partial charge in [0.2, 0.25) is 6.29 Å². The van der Waals surface area contributed by atoms with Crippen LogP contribution in [0.15, 0.2) is 84.9 Å². The predicted octanol–water partition coefficient (Wildman–Crippen LogP) is 5.71. The van der Waals surface area contributed by atoms with E-state index < -0.39 is 18.2 Å². The highest BCUT2D eigenvalue weighted by atomic mass is 16.6. The minimum atomic E-state index is -1.16. The van der Waals surface area contributed by atoms with E-state index in [2.05, 4.69) is 6.58 Å². The quantitative estimate of drug-likeness (QED) is 0.0978. The van der Waals surface area contributed by atoms with Crippen LogP contribution < -0.4 is 9.47 Å². The first-order chi connectivity index (χ1) is 19.4. The molecular formula is C31H34O9. The zero-order chi connectivity index (χ0) is 28.7. The first kappa shape index (κ1) is 30.2. The Kier molecular flexibility index (Phi) is 12.0. The number of aliphatic hydroxyl groups is 1. The summed E-state index contributed by atoms with van der Waals surface area (Å²) >= 11 is 0. The van der Waals surface area contributed by atoms with Gasteiger partial charge in [0.1, 0.15) is 23.0 Å². The van der Waals surface area contributed by atoms with Crippen molar-refractivity contribution in [3.8, 4) is 11.5 Å². The molecule has 1 atom stereocenters. The first-order valence-electron chi connectivity index (χ1n) is 13.2. The molecule has 0 bridgehead atoms. The van der Waals surface area contributed by atoms with E-state index in [4.69, 9.17) is 23.7 Å². The molecule has 9 nitrogen and oxygen atoms in total. The molecule has 0 aliphatic heterocycles. The number of ether oxygens (including phenoxy) is 5. The van der Waals surface area contributed by atoms with Gasteiger partial charge in [0.05, 0.1) is 18.8 Å². The second-order valence-corrected chi connectivity index (χ2v) is 8.87. The molecule has 1 N–H and O–H groups in total. The molecule has 2 aromatic rings. The molecule has 0 aromatic heterocycles. The SMILES string of the molecule is C=CC(=O)OCCCCOc1ccc(C(O)OC2=CC=C(OC(=O)c3ccc(OC(=O)CCC)cc3)CC2)cc1. The van der Waals surface area contributed by atoms with Crippen molar-refractivity contribution in [3.05, 3.63) is 96.0 Å². The minimum absolute atomic E-state index is 0.318. The maximum Gasteiger partial charge on any atom is 0.343 e. The summed E-state index contributed by atoms with van der Waals surface area (Å²) in [5.74, 6) is 0.784. The summed E-state index contributed by atoms with van der Waals surface area (Å²) in [4.78, 5) is 35.1. The summed E-state index contributed by atoms with van der Waals surface area (Å²) in [5.41, 5.74) is 0.897. The molecule has 0 radical (unpaired) electrons. The summed E-state index contributed by atoms with van der Waals surface area (Å²) in [7, 11) is 0. The largest absolute Gasteiger partial charge is 0.494 e. The molecular weight excluding hydrogens is 516 g/mol. The third-order valence-electron chi connectivity index (χ3n) is 5.72. The standard InChI is InChI=1S/C31H34O9/c1-3-7-29(33)38-25-14-10-23(11-15-25)31(35)40-27-18-16-26(17-19-27)39-30(34)22-8-12-24(13-9-22)36-20-5-6-21-37-28(32)4-2/h4,8-16,18,30,34H,2-3,5-7,17,19-21H2,1H3. The topological polar surface area (TPSA) is 118 Å². The van der Waals surface area contributed by atoms with Gasteiger partial charge in [-0.1, -0.05) is 13.5 Å². The second kappa shape index (κ2) is 15.9. The van der Waals surface area contributed by atoms with Crippen LogP contribution in [0.4, 0.5) is 0 Å². The predicted molar refractivity (Wildman–Crippen MR) is 146 cm³/mol. The Morgan fingerprint density at radius 3 is 2.20 bits per heavy atom. The lowest BCUT2D eigenvalue weighted by atomic mass is 10.1. The highest BCUT2D eigenvalue weighted by molar-refractivity contribution is 5.90.